The van der Waals surface area contributed by atoms with Crippen LogP contribution in [0.2, 0.25) is 0 Å². The zero-order valence-electron chi connectivity index (χ0n) is 15.4. The first kappa shape index (κ1) is 18.9. The zero-order valence-corrected chi connectivity index (χ0v) is 16.2. The Morgan fingerprint density at radius 3 is 2.79 bits per heavy atom. The van der Waals surface area contributed by atoms with Gasteiger partial charge in [0.2, 0.25) is 0 Å². The first-order valence-electron chi connectivity index (χ1n) is 8.83. The predicted octanol–water partition coefficient (Wildman–Crippen LogP) is 2.42. The highest BCUT2D eigenvalue weighted by Crippen LogP contribution is 2.35. The summed E-state index contributed by atoms with van der Waals surface area (Å²) in [6.07, 6.45) is 0. The van der Waals surface area contributed by atoms with Crippen LogP contribution < -0.4 is 10.6 Å². The lowest BCUT2D eigenvalue weighted by Gasteiger charge is -2.12. The Kier molecular flexibility index (Phi) is 4.66. The zero-order chi connectivity index (χ0) is 20.6. The fourth-order valence-corrected chi connectivity index (χ4v) is 4.98. The molecule has 1 amide bonds. The van der Waals surface area contributed by atoms with Crippen molar-refractivity contribution < 1.29 is 13.2 Å². The Morgan fingerprint density at radius 1 is 1.24 bits per heavy atom. The summed E-state index contributed by atoms with van der Waals surface area (Å²) in [4.78, 5) is 12.7. The number of fused-ring (bicyclic) bond motifs is 1. The summed E-state index contributed by atoms with van der Waals surface area (Å²) in [5, 5.41) is 20.5. The molecule has 0 fully saturated rings. The molecular formula is C20H17N5O3S. The molecule has 0 bridgehead atoms. The molecule has 9 heteroatoms. The Labute approximate surface area is 167 Å². The van der Waals surface area contributed by atoms with E-state index in [1.54, 1.807) is 36.4 Å². The van der Waals surface area contributed by atoms with E-state index in [-0.39, 0.29) is 17.3 Å². The number of nitrogens with one attached hydrogen (secondary N) is 3. The lowest BCUT2D eigenvalue weighted by atomic mass is 10.1. The third-order valence-electron chi connectivity index (χ3n) is 4.74. The van der Waals surface area contributed by atoms with E-state index in [0.29, 0.717) is 22.4 Å². The standard InChI is InChI=1S/C20H17N5O3S/c1-12-4-2-7-15(8-12)29(27,28)20-17-16(11-22-20)18(25-24-17)23-19(26)14-6-3-5-13(9-14)10-21/h2-9,20,22H,11H2,1H3,(H2,23,24,25,26). The monoisotopic (exact) mass is 407 g/mol. The summed E-state index contributed by atoms with van der Waals surface area (Å²) < 4.78 is 26.1. The summed E-state index contributed by atoms with van der Waals surface area (Å²) in [6, 6.07) is 15.0. The average molecular weight is 407 g/mol. The first-order chi connectivity index (χ1) is 13.9. The highest BCUT2D eigenvalue weighted by molar-refractivity contribution is 7.91. The minimum Gasteiger partial charge on any atom is -0.305 e. The van der Waals surface area contributed by atoms with Crippen LogP contribution in [-0.4, -0.2) is 24.5 Å². The lowest BCUT2D eigenvalue weighted by Crippen LogP contribution is -2.23. The molecule has 3 aromatic rings. The number of aromatic amines is 1. The summed E-state index contributed by atoms with van der Waals surface area (Å²) in [5.41, 5.74) is 2.54. The molecule has 2 heterocycles. The summed E-state index contributed by atoms with van der Waals surface area (Å²) in [7, 11) is -3.68. The Balaban J connectivity index is 1.61. The van der Waals surface area contributed by atoms with Crippen LogP contribution in [-0.2, 0) is 16.4 Å². The number of rotatable bonds is 4. The van der Waals surface area contributed by atoms with Crippen molar-refractivity contribution in [1.82, 2.24) is 15.5 Å². The number of H-pyrrole nitrogens is 1. The van der Waals surface area contributed by atoms with Gasteiger partial charge in [-0.3, -0.25) is 15.2 Å². The average Bonchev–Trinajstić information content (AvgIpc) is 3.31. The maximum atomic E-state index is 13.0. The van der Waals surface area contributed by atoms with Gasteiger partial charge in [0.05, 0.1) is 22.2 Å². The predicted molar refractivity (Wildman–Crippen MR) is 106 cm³/mol. The molecule has 1 aliphatic heterocycles. The third-order valence-corrected chi connectivity index (χ3v) is 6.67. The molecule has 0 aliphatic carbocycles. The second-order valence-electron chi connectivity index (χ2n) is 6.73. The number of carbonyl (C=O) groups excluding carboxylic acids is 1. The number of aryl methyl sites for hydroxylation is 1. The van der Waals surface area contributed by atoms with Gasteiger partial charge in [0.1, 0.15) is 0 Å². The fraction of sp³-hybridized carbons (Fsp3) is 0.150. The lowest BCUT2D eigenvalue weighted by molar-refractivity contribution is 0.102. The van der Waals surface area contributed by atoms with Crippen LogP contribution in [0.25, 0.3) is 0 Å². The smallest absolute Gasteiger partial charge is 0.256 e. The highest BCUT2D eigenvalue weighted by Gasteiger charge is 2.38. The van der Waals surface area contributed by atoms with Crippen molar-refractivity contribution >= 4 is 21.6 Å². The molecule has 0 spiro atoms. The number of amides is 1. The minimum atomic E-state index is -3.68. The Hall–Kier alpha value is -3.48. The normalized spacial score (nSPS) is 15.5. The quantitative estimate of drug-likeness (QED) is 0.609. The summed E-state index contributed by atoms with van der Waals surface area (Å²) in [6.45, 7) is 2.08. The molecule has 3 N–H and O–H groups in total. The van der Waals surface area contributed by atoms with Gasteiger partial charge < -0.3 is 5.32 Å². The second-order valence-corrected chi connectivity index (χ2v) is 8.77. The third kappa shape index (κ3) is 3.40. The van der Waals surface area contributed by atoms with Gasteiger partial charge in [0.15, 0.2) is 21.0 Å². The number of aromatic nitrogens is 2. The van der Waals surface area contributed by atoms with Gasteiger partial charge in [-0.25, -0.2) is 8.42 Å². The van der Waals surface area contributed by atoms with E-state index in [4.69, 9.17) is 5.26 Å². The molecule has 1 unspecified atom stereocenters. The molecule has 1 atom stereocenters. The molecule has 2 aromatic carbocycles. The Morgan fingerprint density at radius 2 is 2.03 bits per heavy atom. The van der Waals surface area contributed by atoms with E-state index in [2.05, 4.69) is 20.8 Å². The van der Waals surface area contributed by atoms with Gasteiger partial charge in [0, 0.05) is 17.7 Å². The number of benzene rings is 2. The van der Waals surface area contributed by atoms with E-state index >= 15 is 0 Å². The number of nitrogens with zero attached hydrogens (tertiary/aromatic N) is 2. The van der Waals surface area contributed by atoms with E-state index in [1.165, 1.54) is 6.07 Å². The van der Waals surface area contributed by atoms with Crippen molar-refractivity contribution in [2.75, 3.05) is 5.32 Å². The molecule has 0 saturated heterocycles. The van der Waals surface area contributed by atoms with Crippen molar-refractivity contribution in [3.63, 3.8) is 0 Å². The van der Waals surface area contributed by atoms with Gasteiger partial charge in [-0.15, -0.1) is 0 Å². The number of hydrogen-bond donors (Lipinski definition) is 3. The molecular weight excluding hydrogens is 390 g/mol. The van der Waals surface area contributed by atoms with E-state index < -0.39 is 21.1 Å². The van der Waals surface area contributed by atoms with Crippen LogP contribution >= 0.6 is 0 Å². The molecule has 0 radical (unpaired) electrons. The Bertz CT molecular complexity index is 1260. The van der Waals surface area contributed by atoms with Gasteiger partial charge in [-0.1, -0.05) is 18.2 Å². The second kappa shape index (κ2) is 7.16. The number of anilines is 1. The van der Waals surface area contributed by atoms with Crippen LogP contribution in [0, 0.1) is 18.3 Å². The van der Waals surface area contributed by atoms with Crippen molar-refractivity contribution in [2.24, 2.45) is 0 Å². The number of sulfone groups is 1. The van der Waals surface area contributed by atoms with E-state index in [0.717, 1.165) is 5.56 Å². The van der Waals surface area contributed by atoms with Crippen LogP contribution in [0.15, 0.2) is 53.4 Å². The van der Waals surface area contributed by atoms with Gasteiger partial charge >= 0.3 is 0 Å². The maximum absolute atomic E-state index is 13.0. The van der Waals surface area contributed by atoms with Crippen LogP contribution in [0.4, 0.5) is 5.82 Å². The van der Waals surface area contributed by atoms with E-state index in [1.807, 2.05) is 19.1 Å². The van der Waals surface area contributed by atoms with Crippen molar-refractivity contribution in [3.8, 4) is 6.07 Å². The molecule has 4 rings (SSSR count). The van der Waals surface area contributed by atoms with Crippen LogP contribution in [0.5, 0.6) is 0 Å². The SMILES string of the molecule is Cc1cccc(S(=O)(=O)C2NCc3c(NC(=O)c4cccc(C#N)c4)n[nH]c32)c1. The molecule has 1 aliphatic rings. The number of nitriles is 1. The molecule has 146 valence electrons. The van der Waals surface area contributed by atoms with Crippen LogP contribution in [0.3, 0.4) is 0 Å². The molecule has 0 saturated carbocycles. The van der Waals surface area contributed by atoms with Crippen molar-refractivity contribution in [1.29, 1.82) is 5.26 Å². The van der Waals surface area contributed by atoms with Gasteiger partial charge in [0.25, 0.3) is 5.91 Å². The molecule has 1 aromatic heterocycles. The first-order valence-corrected chi connectivity index (χ1v) is 10.4. The highest BCUT2D eigenvalue weighted by atomic mass is 32.2. The largest absolute Gasteiger partial charge is 0.305 e. The fourth-order valence-electron chi connectivity index (χ4n) is 3.28. The summed E-state index contributed by atoms with van der Waals surface area (Å²) >= 11 is 0. The summed E-state index contributed by atoms with van der Waals surface area (Å²) in [5.74, 6) is -0.164. The van der Waals surface area contributed by atoms with E-state index in [9.17, 15) is 13.2 Å². The van der Waals surface area contributed by atoms with Gasteiger partial charge in [-0.05, 0) is 42.8 Å². The van der Waals surface area contributed by atoms with Crippen molar-refractivity contribution in [3.05, 3.63) is 76.5 Å². The number of hydrogen-bond acceptors (Lipinski definition) is 6. The maximum Gasteiger partial charge on any atom is 0.256 e. The van der Waals surface area contributed by atoms with Crippen LogP contribution in [0.1, 0.15) is 38.1 Å². The number of carbonyl (C=O) groups is 1. The molecule has 8 nitrogen and oxygen atoms in total. The van der Waals surface area contributed by atoms with Gasteiger partial charge in [-0.2, -0.15) is 10.4 Å². The van der Waals surface area contributed by atoms with Crippen molar-refractivity contribution in [2.45, 2.75) is 23.7 Å². The topological polar surface area (TPSA) is 128 Å². The molecule has 29 heavy (non-hydrogen) atoms. The minimum absolute atomic E-state index is 0.219.